The highest BCUT2D eigenvalue weighted by Gasteiger charge is 2.46. The van der Waals surface area contributed by atoms with Crippen LogP contribution in [0.4, 0.5) is 13.2 Å². The van der Waals surface area contributed by atoms with E-state index in [1.807, 2.05) is 20.8 Å². The van der Waals surface area contributed by atoms with Gasteiger partial charge in [-0.25, -0.2) is 0 Å². The second kappa shape index (κ2) is 36.3. The summed E-state index contributed by atoms with van der Waals surface area (Å²) in [5.41, 5.74) is -0.780. The second-order valence-electron chi connectivity index (χ2n) is 28.7. The predicted molar refractivity (Wildman–Crippen MR) is 362 cm³/mol. The van der Waals surface area contributed by atoms with E-state index < -0.39 is 174 Å². The smallest absolute Gasteiger partial charge is 0.343 e. The van der Waals surface area contributed by atoms with Crippen LogP contribution in [0.5, 0.6) is 0 Å². The predicted octanol–water partition coefficient (Wildman–Crippen LogP) is 5.50. The van der Waals surface area contributed by atoms with E-state index in [1.54, 1.807) is 11.8 Å². The zero-order valence-electron chi connectivity index (χ0n) is 59.7. The number of amides is 12. The van der Waals surface area contributed by atoms with Crippen molar-refractivity contribution in [1.29, 1.82) is 0 Å². The standard InChI is InChI=1S/C70H108ClF3N12O12/c1-13-44(4)60-68(97)80(8)41-58(89)78(6)42-59(90)82(10)54(38-46-24-17-14-18-25-46)66(95)79(7)40-56(87)76-51(32-30-47-29-31-49(50(71)37-47)70(72,73)74)65(94)86-35-23-28-52(86)62(91)75-45(5)64(93)84(12)61(48-26-19-15-20-27-48)69(98)83(11)55(67(96)85-33-21-16-22-34-85)39-57(88)81(9)53(36-43(2)3)63(92)77-60/h29,31,37,43-46,48,51-55,60-61H,13-28,30,32-36,38-42H2,1-12H3,(H,75,91)(H,76,87)(H,77,92)/t44-,45-,51-,52-,53-,54-,55-,60-,61-/m0/s1. The molecule has 5 aliphatic rings. The quantitative estimate of drug-likeness (QED) is 0.248. The lowest BCUT2D eigenvalue weighted by Crippen LogP contribution is -2.61. The maximum Gasteiger partial charge on any atom is 0.417 e. The Morgan fingerprint density at radius 1 is 0.602 bits per heavy atom. The van der Waals surface area contributed by atoms with Gasteiger partial charge in [-0.3, -0.25) is 57.5 Å². The van der Waals surface area contributed by atoms with Crippen molar-refractivity contribution in [1.82, 2.24) is 60.0 Å². The number of likely N-dealkylation sites (tertiary alicyclic amines) is 1. The first-order valence-electron chi connectivity index (χ1n) is 35.3. The highest BCUT2D eigenvalue weighted by atomic mass is 35.5. The molecule has 3 saturated heterocycles. The van der Waals surface area contributed by atoms with Crippen LogP contribution in [0, 0.1) is 23.7 Å². The minimum absolute atomic E-state index is 0.0193. The van der Waals surface area contributed by atoms with Crippen LogP contribution < -0.4 is 16.0 Å². The average molecular weight is 1400 g/mol. The summed E-state index contributed by atoms with van der Waals surface area (Å²) in [4.78, 5) is 188. The Bertz CT molecular complexity index is 3010. The van der Waals surface area contributed by atoms with Gasteiger partial charge >= 0.3 is 6.18 Å². The van der Waals surface area contributed by atoms with E-state index in [0.717, 1.165) is 84.6 Å². The van der Waals surface area contributed by atoms with E-state index in [-0.39, 0.29) is 50.5 Å². The van der Waals surface area contributed by atoms with Crippen LogP contribution in [-0.2, 0) is 70.1 Å². The number of piperidine rings is 1. The maximum absolute atomic E-state index is 15.5. The van der Waals surface area contributed by atoms with Crippen molar-refractivity contribution in [2.45, 2.75) is 224 Å². The number of alkyl halides is 3. The number of rotatable bonds is 11. The molecule has 1 aromatic carbocycles. The molecule has 0 spiro atoms. The van der Waals surface area contributed by atoms with E-state index in [9.17, 15) is 61.1 Å². The first-order chi connectivity index (χ1) is 46.2. The molecule has 3 N–H and O–H groups in total. The van der Waals surface area contributed by atoms with Gasteiger partial charge in [-0.05, 0) is 119 Å². The minimum Gasteiger partial charge on any atom is -0.343 e. The van der Waals surface area contributed by atoms with Crippen molar-refractivity contribution in [2.75, 3.05) is 88.6 Å². The van der Waals surface area contributed by atoms with Gasteiger partial charge in [0.05, 0.1) is 36.6 Å². The first-order valence-corrected chi connectivity index (χ1v) is 35.7. The van der Waals surface area contributed by atoms with Gasteiger partial charge in [0.2, 0.25) is 70.9 Å². The molecule has 1 aromatic rings. The molecule has 98 heavy (non-hydrogen) atoms. The molecule has 2 saturated carbocycles. The zero-order chi connectivity index (χ0) is 72.6. The van der Waals surface area contributed by atoms with Gasteiger partial charge in [-0.2, -0.15) is 13.2 Å². The fourth-order valence-electron chi connectivity index (χ4n) is 14.5. The van der Waals surface area contributed by atoms with Gasteiger partial charge in [0.25, 0.3) is 0 Å². The van der Waals surface area contributed by atoms with Crippen molar-refractivity contribution < 1.29 is 70.7 Å². The van der Waals surface area contributed by atoms with Crippen molar-refractivity contribution in [3.8, 4) is 0 Å². The fourth-order valence-corrected chi connectivity index (χ4v) is 14.8. The summed E-state index contributed by atoms with van der Waals surface area (Å²) >= 11 is 6.13. The van der Waals surface area contributed by atoms with Crippen LogP contribution in [-0.4, -0.2) is 252 Å². The summed E-state index contributed by atoms with van der Waals surface area (Å²) in [7, 11) is 9.89. The molecule has 0 bridgehead atoms. The number of nitrogens with one attached hydrogen (secondary N) is 3. The van der Waals surface area contributed by atoms with E-state index in [2.05, 4.69) is 16.0 Å². The molecule has 28 heteroatoms. The van der Waals surface area contributed by atoms with Gasteiger partial charge in [-0.15, -0.1) is 0 Å². The Kier molecular flexibility index (Phi) is 29.6. The molecular formula is C70H108ClF3N12O12. The van der Waals surface area contributed by atoms with Crippen LogP contribution in [0.25, 0.3) is 0 Å². The minimum atomic E-state index is -4.76. The molecule has 548 valence electrons. The molecule has 6 rings (SSSR count). The maximum atomic E-state index is 15.5. The summed E-state index contributed by atoms with van der Waals surface area (Å²) in [6.45, 7) is 7.86. The Labute approximate surface area is 581 Å². The molecule has 0 radical (unpaired) electrons. The van der Waals surface area contributed by atoms with Crippen molar-refractivity contribution >= 4 is 82.5 Å². The number of hydrogen-bond donors (Lipinski definition) is 3. The number of nitrogens with zero attached hydrogens (tertiary/aromatic N) is 9. The van der Waals surface area contributed by atoms with E-state index in [0.29, 0.717) is 57.2 Å². The topological polar surface area (TPSA) is 270 Å². The largest absolute Gasteiger partial charge is 0.417 e. The van der Waals surface area contributed by atoms with Gasteiger partial charge < -0.3 is 60.0 Å². The van der Waals surface area contributed by atoms with Gasteiger partial charge in [0.15, 0.2) is 0 Å². The van der Waals surface area contributed by atoms with Crippen LogP contribution in [0.15, 0.2) is 18.2 Å². The lowest BCUT2D eigenvalue weighted by Gasteiger charge is -2.41. The van der Waals surface area contributed by atoms with Crippen LogP contribution in [0.3, 0.4) is 0 Å². The normalized spacial score (nSPS) is 26.8. The Hall–Kier alpha value is -7.06. The summed E-state index contributed by atoms with van der Waals surface area (Å²) in [6.07, 6.45) is 5.60. The third-order valence-corrected chi connectivity index (χ3v) is 21.2. The summed E-state index contributed by atoms with van der Waals surface area (Å²) in [5.74, 6) is -8.97. The Morgan fingerprint density at radius 3 is 1.80 bits per heavy atom. The van der Waals surface area contributed by atoms with Crippen LogP contribution >= 0.6 is 11.6 Å². The number of hydrogen-bond acceptors (Lipinski definition) is 12. The number of benzene rings is 1. The molecular weight excluding hydrogens is 1290 g/mol. The first kappa shape index (κ1) is 79.9. The summed E-state index contributed by atoms with van der Waals surface area (Å²) < 4.78 is 41.4. The molecule has 0 aromatic heterocycles. The molecule has 3 heterocycles. The van der Waals surface area contributed by atoms with Gasteiger partial charge in [0.1, 0.15) is 48.3 Å². The van der Waals surface area contributed by atoms with Crippen molar-refractivity contribution in [3.63, 3.8) is 0 Å². The molecule has 0 unspecified atom stereocenters. The molecule has 9 atom stereocenters. The van der Waals surface area contributed by atoms with Crippen LogP contribution in [0.1, 0.15) is 174 Å². The number of likely N-dealkylation sites (N-methyl/N-ethyl adjacent to an activating group) is 7. The highest BCUT2D eigenvalue weighted by Crippen LogP contribution is 2.36. The molecule has 24 nitrogen and oxygen atoms in total. The van der Waals surface area contributed by atoms with E-state index >= 15 is 9.59 Å². The summed E-state index contributed by atoms with van der Waals surface area (Å²) in [5, 5.41) is 7.82. The van der Waals surface area contributed by atoms with Crippen LogP contribution in [0.2, 0.25) is 5.02 Å². The lowest BCUT2D eigenvalue weighted by atomic mass is 9.82. The Morgan fingerprint density at radius 2 is 1.19 bits per heavy atom. The monoisotopic (exact) mass is 1400 g/mol. The third-order valence-electron chi connectivity index (χ3n) is 20.9. The van der Waals surface area contributed by atoms with Crippen molar-refractivity contribution in [3.05, 3.63) is 34.3 Å². The van der Waals surface area contributed by atoms with Crippen molar-refractivity contribution in [2.24, 2.45) is 23.7 Å². The Balaban J connectivity index is 1.40. The highest BCUT2D eigenvalue weighted by molar-refractivity contribution is 6.31. The second-order valence-corrected chi connectivity index (χ2v) is 29.1. The number of carbonyl (C=O) groups excluding carboxylic acids is 12. The average Bonchev–Trinajstić information content (AvgIpc) is 0.972. The van der Waals surface area contributed by atoms with Gasteiger partial charge in [0, 0.05) is 69.0 Å². The number of halogens is 4. The molecule has 2 aliphatic carbocycles. The zero-order valence-corrected chi connectivity index (χ0v) is 60.4. The fraction of sp³-hybridized carbons (Fsp3) is 0.743. The molecule has 3 aliphatic heterocycles. The molecule has 12 amide bonds. The lowest BCUT2D eigenvalue weighted by molar-refractivity contribution is -0.155. The van der Waals surface area contributed by atoms with Gasteiger partial charge in [-0.1, -0.05) is 103 Å². The number of carbonyl (C=O) groups is 12. The van der Waals surface area contributed by atoms with E-state index in [4.69, 9.17) is 11.6 Å². The summed E-state index contributed by atoms with van der Waals surface area (Å²) in [6, 6.07) is -6.88. The number of fused-ring (bicyclic) bond motifs is 1. The molecule has 5 fully saturated rings. The third kappa shape index (κ3) is 21.0. The van der Waals surface area contributed by atoms with E-state index in [1.165, 1.54) is 86.8 Å². The number of aryl methyl sites for hydroxylation is 1. The SMILES string of the molecule is CC[C@H](C)[C@@H]1NC(=O)[C@H](CC(C)C)N(C)C(=O)C[C@@H](C(=O)N2CCCCC2)N(C)C(=O)[C@H](C2CCCCC2)N(C)C(=O)[C@H](C)NC(=O)[C@@H]2CCCN2C(=O)[C@H](CCc2ccc(C(F)(F)F)c(Cl)c2)NC(=O)CN(C)C(=O)[C@H](CC2CCCCC2)N(C)C(=O)CN(C)C(=O)CN(C)C1=O.